The van der Waals surface area contributed by atoms with Crippen molar-refractivity contribution in [3.8, 4) is 0 Å². The van der Waals surface area contributed by atoms with Gasteiger partial charge in [0.1, 0.15) is 0 Å². The standard InChI is InChI=1S/C16H17.C5H5.V/c1-3-13(2)11-12-15-9-6-10-16(15)14-7-4-5-8-14;1-2-4-5-3-1;/h3-12,14H,1-2H3;1-5H;/q2*-1;+2. The molecule has 0 fully saturated rings. The first-order valence-electron chi connectivity index (χ1n) is 7.39. The molecule has 22 heavy (non-hydrogen) atoms. The minimum absolute atomic E-state index is 0. The van der Waals surface area contributed by atoms with E-state index in [1.165, 1.54) is 16.7 Å². The molecule has 0 spiro atoms. The SMILES string of the molecule is CC=C(C)C=C[c-]1cccc1C1C=CC=C1.[V+2].c1cc[cH-]c1. The minimum Gasteiger partial charge on any atom is -0.214 e. The predicted octanol–water partition coefficient (Wildman–Crippen LogP) is 6.00. The molecule has 0 aromatic heterocycles. The Balaban J connectivity index is 0.000000344. The molecule has 0 bridgehead atoms. The summed E-state index contributed by atoms with van der Waals surface area (Å²) in [6.45, 7) is 4.18. The second-order valence-corrected chi connectivity index (χ2v) is 5.06. The van der Waals surface area contributed by atoms with Crippen LogP contribution in [0.2, 0.25) is 0 Å². The van der Waals surface area contributed by atoms with Gasteiger partial charge in [0, 0.05) is 5.92 Å². The third kappa shape index (κ3) is 5.56. The molecule has 0 heterocycles. The van der Waals surface area contributed by atoms with Gasteiger partial charge in [0.25, 0.3) is 0 Å². The van der Waals surface area contributed by atoms with Crippen LogP contribution in [0.5, 0.6) is 0 Å². The quantitative estimate of drug-likeness (QED) is 0.480. The minimum atomic E-state index is 0. The van der Waals surface area contributed by atoms with Gasteiger partial charge >= 0.3 is 18.6 Å². The van der Waals surface area contributed by atoms with Gasteiger partial charge in [-0.2, -0.15) is 30.3 Å². The van der Waals surface area contributed by atoms with Crippen molar-refractivity contribution in [2.75, 3.05) is 0 Å². The van der Waals surface area contributed by atoms with Crippen molar-refractivity contribution in [1.82, 2.24) is 0 Å². The fourth-order valence-corrected chi connectivity index (χ4v) is 2.18. The number of rotatable bonds is 3. The predicted molar refractivity (Wildman–Crippen MR) is 93.6 cm³/mol. The molecule has 111 valence electrons. The van der Waals surface area contributed by atoms with Crippen LogP contribution < -0.4 is 0 Å². The van der Waals surface area contributed by atoms with E-state index in [1.807, 2.05) is 30.3 Å². The Labute approximate surface area is 146 Å². The van der Waals surface area contributed by atoms with Gasteiger partial charge < -0.3 is 0 Å². The summed E-state index contributed by atoms with van der Waals surface area (Å²) in [6, 6.07) is 16.5. The third-order valence-electron chi connectivity index (χ3n) is 3.53. The molecule has 1 heteroatoms. The maximum atomic E-state index is 2.23. The molecule has 0 aliphatic heterocycles. The summed E-state index contributed by atoms with van der Waals surface area (Å²) in [5.41, 5.74) is 4.01. The van der Waals surface area contributed by atoms with Gasteiger partial charge in [-0.05, 0) is 13.8 Å². The van der Waals surface area contributed by atoms with E-state index < -0.39 is 0 Å². The van der Waals surface area contributed by atoms with Gasteiger partial charge in [-0.3, -0.25) is 0 Å². The molecule has 0 nitrogen and oxygen atoms in total. The summed E-state index contributed by atoms with van der Waals surface area (Å²) in [6.07, 6.45) is 15.2. The monoisotopic (exact) mass is 325 g/mol. The molecule has 1 aliphatic rings. The average molecular weight is 325 g/mol. The Morgan fingerprint density at radius 2 is 1.82 bits per heavy atom. The van der Waals surface area contributed by atoms with Crippen LogP contribution in [0.3, 0.4) is 0 Å². The van der Waals surface area contributed by atoms with E-state index in [-0.39, 0.29) is 18.6 Å². The van der Waals surface area contributed by atoms with E-state index in [0.717, 1.165) is 0 Å². The molecule has 0 amide bonds. The van der Waals surface area contributed by atoms with Crippen LogP contribution in [0.25, 0.3) is 6.08 Å². The third-order valence-corrected chi connectivity index (χ3v) is 3.53. The first-order chi connectivity index (χ1) is 10.3. The molecular formula is C21H22V. The zero-order valence-corrected chi connectivity index (χ0v) is 14.6. The van der Waals surface area contributed by atoms with Gasteiger partial charge in [-0.15, -0.1) is 29.3 Å². The topological polar surface area (TPSA) is 0 Å². The van der Waals surface area contributed by atoms with E-state index in [1.54, 1.807) is 0 Å². The molecule has 3 rings (SSSR count). The van der Waals surface area contributed by atoms with E-state index in [9.17, 15) is 0 Å². The first-order valence-corrected chi connectivity index (χ1v) is 7.39. The van der Waals surface area contributed by atoms with Crippen LogP contribution >= 0.6 is 0 Å². The molecule has 0 saturated carbocycles. The average Bonchev–Trinajstić information content (AvgIpc) is 3.28. The van der Waals surface area contributed by atoms with Crippen molar-refractivity contribution >= 4 is 6.08 Å². The van der Waals surface area contributed by atoms with Crippen LogP contribution in [-0.4, -0.2) is 0 Å². The molecule has 0 saturated heterocycles. The molecule has 1 radical (unpaired) electrons. The van der Waals surface area contributed by atoms with Crippen LogP contribution in [0.15, 0.2) is 90.6 Å². The van der Waals surface area contributed by atoms with E-state index in [2.05, 4.69) is 74.6 Å². The molecular weight excluding hydrogens is 303 g/mol. The fraction of sp³-hybridized carbons (Fsp3) is 0.143. The molecule has 2 aromatic rings. The van der Waals surface area contributed by atoms with Gasteiger partial charge in [0.2, 0.25) is 0 Å². The van der Waals surface area contributed by atoms with Gasteiger partial charge in [-0.25, -0.2) is 12.1 Å². The zero-order chi connectivity index (χ0) is 14.9. The van der Waals surface area contributed by atoms with Crippen LogP contribution in [0.1, 0.15) is 30.9 Å². The van der Waals surface area contributed by atoms with E-state index in [0.29, 0.717) is 5.92 Å². The van der Waals surface area contributed by atoms with Crippen LogP contribution in [-0.2, 0) is 18.6 Å². The van der Waals surface area contributed by atoms with Crippen molar-refractivity contribution < 1.29 is 18.6 Å². The molecule has 0 N–H and O–H groups in total. The Kier molecular flexibility index (Phi) is 8.36. The summed E-state index contributed by atoms with van der Waals surface area (Å²) in [5.74, 6) is 0.459. The molecule has 0 atom stereocenters. The summed E-state index contributed by atoms with van der Waals surface area (Å²) in [4.78, 5) is 0. The smallest absolute Gasteiger partial charge is 0.214 e. The Morgan fingerprint density at radius 3 is 2.36 bits per heavy atom. The van der Waals surface area contributed by atoms with Crippen molar-refractivity contribution in [2.24, 2.45) is 0 Å². The van der Waals surface area contributed by atoms with E-state index >= 15 is 0 Å². The van der Waals surface area contributed by atoms with Crippen LogP contribution in [0.4, 0.5) is 0 Å². The summed E-state index contributed by atoms with van der Waals surface area (Å²) < 4.78 is 0. The number of allylic oxidation sites excluding steroid dienone is 7. The van der Waals surface area contributed by atoms with Crippen molar-refractivity contribution in [3.05, 3.63) is 102 Å². The Bertz CT molecular complexity index is 604. The molecule has 1 aliphatic carbocycles. The molecule has 2 aromatic carbocycles. The van der Waals surface area contributed by atoms with E-state index in [4.69, 9.17) is 0 Å². The Hall–Kier alpha value is -1.76. The van der Waals surface area contributed by atoms with Crippen molar-refractivity contribution in [3.63, 3.8) is 0 Å². The normalized spacial score (nSPS) is 14.0. The number of hydrogen-bond acceptors (Lipinski definition) is 0. The van der Waals surface area contributed by atoms with Gasteiger partial charge in [0.05, 0.1) is 0 Å². The largest absolute Gasteiger partial charge is 2.00 e. The summed E-state index contributed by atoms with van der Waals surface area (Å²) in [7, 11) is 0. The van der Waals surface area contributed by atoms with Gasteiger partial charge in [-0.1, -0.05) is 36.0 Å². The second-order valence-electron chi connectivity index (χ2n) is 5.06. The maximum absolute atomic E-state index is 2.23. The van der Waals surface area contributed by atoms with Crippen molar-refractivity contribution in [2.45, 2.75) is 19.8 Å². The van der Waals surface area contributed by atoms with Gasteiger partial charge in [0.15, 0.2) is 0 Å². The van der Waals surface area contributed by atoms with Crippen molar-refractivity contribution in [1.29, 1.82) is 0 Å². The maximum Gasteiger partial charge on any atom is 2.00 e. The summed E-state index contributed by atoms with van der Waals surface area (Å²) in [5, 5.41) is 0. The first kappa shape index (κ1) is 18.3. The second kappa shape index (κ2) is 10.1. The zero-order valence-electron chi connectivity index (χ0n) is 13.2. The molecule has 0 unspecified atom stereocenters. The fourth-order valence-electron chi connectivity index (χ4n) is 2.18. The Morgan fingerprint density at radius 1 is 1.14 bits per heavy atom. The number of hydrogen-bond donors (Lipinski definition) is 0. The van der Waals surface area contributed by atoms with Crippen LogP contribution in [0, 0.1) is 0 Å². The summed E-state index contributed by atoms with van der Waals surface area (Å²) >= 11 is 0.